The van der Waals surface area contributed by atoms with Gasteiger partial charge in [-0.2, -0.15) is 4.98 Å². The third-order valence-corrected chi connectivity index (χ3v) is 5.88. The van der Waals surface area contributed by atoms with Crippen LogP contribution in [0, 0.1) is 0 Å². The van der Waals surface area contributed by atoms with Crippen molar-refractivity contribution in [1.29, 1.82) is 0 Å². The number of fused-ring (bicyclic) bond motifs is 2. The summed E-state index contributed by atoms with van der Waals surface area (Å²) in [5, 5.41) is 4.85. The summed E-state index contributed by atoms with van der Waals surface area (Å²) in [5.74, 6) is 1.80. The van der Waals surface area contributed by atoms with Crippen LogP contribution in [-0.2, 0) is 6.54 Å². The second-order valence-electron chi connectivity index (χ2n) is 7.67. The molecule has 0 spiro atoms. The van der Waals surface area contributed by atoms with Crippen LogP contribution in [0.1, 0.15) is 5.56 Å². The number of aromatic nitrogens is 4. The predicted octanol–water partition coefficient (Wildman–Crippen LogP) is 3.84. The Bertz CT molecular complexity index is 1690. The molecule has 9 nitrogen and oxygen atoms in total. The summed E-state index contributed by atoms with van der Waals surface area (Å²) in [6.45, 7) is 0.241. The number of benzene rings is 3. The minimum Gasteiger partial charge on any atom is -0.454 e. The van der Waals surface area contributed by atoms with Gasteiger partial charge in [0, 0.05) is 11.1 Å². The molecular weight excluding hydrogens is 460 g/mol. The molecule has 0 amide bonds. The number of halogens is 1. The van der Waals surface area contributed by atoms with Crippen molar-refractivity contribution in [2.24, 2.45) is 0 Å². The maximum absolute atomic E-state index is 13.1. The van der Waals surface area contributed by atoms with Crippen molar-refractivity contribution >= 4 is 22.5 Å². The Morgan fingerprint density at radius 2 is 1.85 bits per heavy atom. The summed E-state index contributed by atoms with van der Waals surface area (Å²) >= 11 is 6.22. The molecule has 0 atom stereocenters. The molecular formula is C24H15ClN4O5. The average molecular weight is 475 g/mol. The Hall–Kier alpha value is -4.37. The number of nitrogens with one attached hydrogen (secondary N) is 1. The molecule has 0 unspecified atom stereocenters. The van der Waals surface area contributed by atoms with Crippen molar-refractivity contribution in [3.63, 3.8) is 0 Å². The van der Waals surface area contributed by atoms with Crippen LogP contribution >= 0.6 is 11.6 Å². The third kappa shape index (κ3) is 3.43. The maximum Gasteiger partial charge on any atom is 0.329 e. The molecule has 0 aliphatic carbocycles. The molecule has 3 aromatic carbocycles. The lowest BCUT2D eigenvalue weighted by atomic mass is 10.1. The Balaban J connectivity index is 1.36. The first kappa shape index (κ1) is 20.3. The van der Waals surface area contributed by atoms with Gasteiger partial charge in [0.2, 0.25) is 12.6 Å². The van der Waals surface area contributed by atoms with Gasteiger partial charge in [-0.15, -0.1) is 0 Å². The van der Waals surface area contributed by atoms with E-state index in [0.717, 1.165) is 10.1 Å². The van der Waals surface area contributed by atoms with E-state index in [0.29, 0.717) is 44.4 Å². The van der Waals surface area contributed by atoms with Crippen LogP contribution < -0.4 is 20.7 Å². The lowest BCUT2D eigenvalue weighted by Crippen LogP contribution is -2.35. The zero-order valence-corrected chi connectivity index (χ0v) is 18.2. The topological polar surface area (TPSA) is 112 Å². The van der Waals surface area contributed by atoms with Crippen LogP contribution in [0.2, 0.25) is 5.02 Å². The van der Waals surface area contributed by atoms with Crippen molar-refractivity contribution in [1.82, 2.24) is 19.7 Å². The largest absolute Gasteiger partial charge is 0.454 e. The molecule has 5 aromatic rings. The fourth-order valence-electron chi connectivity index (χ4n) is 3.85. The number of nitrogens with zero attached hydrogens (tertiary/aromatic N) is 3. The molecule has 168 valence electrons. The Morgan fingerprint density at radius 3 is 2.74 bits per heavy atom. The smallest absolute Gasteiger partial charge is 0.329 e. The number of ether oxygens (including phenoxy) is 2. The summed E-state index contributed by atoms with van der Waals surface area (Å²) in [5.41, 5.74) is 1.36. The molecule has 0 radical (unpaired) electrons. The van der Waals surface area contributed by atoms with E-state index in [4.69, 9.17) is 25.6 Å². The highest BCUT2D eigenvalue weighted by Gasteiger charge is 2.17. The Labute approximate surface area is 196 Å². The molecule has 0 fully saturated rings. The van der Waals surface area contributed by atoms with Gasteiger partial charge in [0.05, 0.1) is 22.5 Å². The summed E-state index contributed by atoms with van der Waals surface area (Å²) < 4.78 is 17.2. The minimum absolute atomic E-state index is 0.0906. The van der Waals surface area contributed by atoms with Crippen LogP contribution in [0.25, 0.3) is 33.7 Å². The summed E-state index contributed by atoms with van der Waals surface area (Å²) in [7, 11) is 0. The Morgan fingerprint density at radius 1 is 1.00 bits per heavy atom. The van der Waals surface area contributed by atoms with Crippen LogP contribution in [0.15, 0.2) is 74.8 Å². The van der Waals surface area contributed by atoms with Gasteiger partial charge in [0.15, 0.2) is 11.5 Å². The number of rotatable bonds is 4. The van der Waals surface area contributed by atoms with E-state index in [1.165, 1.54) is 0 Å². The maximum atomic E-state index is 13.1. The van der Waals surface area contributed by atoms with E-state index in [1.807, 2.05) is 12.1 Å². The Kier molecular flexibility index (Phi) is 4.70. The molecule has 10 heteroatoms. The molecule has 3 heterocycles. The minimum atomic E-state index is -0.533. The zero-order chi connectivity index (χ0) is 23.2. The number of hydrogen-bond acceptors (Lipinski definition) is 7. The summed E-state index contributed by atoms with van der Waals surface area (Å²) in [4.78, 5) is 33.0. The zero-order valence-electron chi connectivity index (χ0n) is 17.4. The molecule has 1 N–H and O–H groups in total. The number of hydrogen-bond donors (Lipinski definition) is 1. The first-order chi connectivity index (χ1) is 16.6. The average Bonchev–Trinajstić information content (AvgIpc) is 3.51. The van der Waals surface area contributed by atoms with Crippen molar-refractivity contribution in [2.75, 3.05) is 6.79 Å². The van der Waals surface area contributed by atoms with Gasteiger partial charge in [-0.25, -0.2) is 4.79 Å². The van der Waals surface area contributed by atoms with Gasteiger partial charge in [0.25, 0.3) is 11.4 Å². The fourth-order valence-corrected chi connectivity index (χ4v) is 4.07. The molecule has 6 rings (SSSR count). The van der Waals surface area contributed by atoms with E-state index in [2.05, 4.69) is 15.1 Å². The lowest BCUT2D eigenvalue weighted by molar-refractivity contribution is 0.174. The van der Waals surface area contributed by atoms with Crippen LogP contribution in [0.3, 0.4) is 0 Å². The highest BCUT2D eigenvalue weighted by Crippen LogP contribution is 2.32. The number of H-pyrrole nitrogens is 1. The first-order valence-electron chi connectivity index (χ1n) is 10.3. The molecule has 2 aromatic heterocycles. The van der Waals surface area contributed by atoms with Gasteiger partial charge < -0.3 is 19.0 Å². The van der Waals surface area contributed by atoms with Crippen molar-refractivity contribution < 1.29 is 14.0 Å². The second kappa shape index (κ2) is 7.89. The predicted molar refractivity (Wildman–Crippen MR) is 124 cm³/mol. The van der Waals surface area contributed by atoms with E-state index >= 15 is 0 Å². The van der Waals surface area contributed by atoms with Gasteiger partial charge in [-0.3, -0.25) is 9.36 Å². The van der Waals surface area contributed by atoms with E-state index in [9.17, 15) is 9.59 Å². The molecule has 0 saturated carbocycles. The lowest BCUT2D eigenvalue weighted by Gasteiger charge is -2.08. The standard InChI is InChI=1S/C24H15ClN4O5/c25-17-4-2-1-3-15(17)21-27-22(34-28-21)14-6-7-16-18(10-14)26-24(31)29(23(16)30)11-13-5-8-19-20(9-13)33-12-32-19/h1-10H,11-12H2,(H,26,31). The molecule has 34 heavy (non-hydrogen) atoms. The summed E-state index contributed by atoms with van der Waals surface area (Å²) in [6.07, 6.45) is 0. The van der Waals surface area contributed by atoms with E-state index < -0.39 is 11.2 Å². The van der Waals surface area contributed by atoms with Gasteiger partial charge in [0.1, 0.15) is 0 Å². The van der Waals surface area contributed by atoms with E-state index in [-0.39, 0.29) is 19.2 Å². The van der Waals surface area contributed by atoms with Crippen LogP contribution in [-0.4, -0.2) is 26.5 Å². The highest BCUT2D eigenvalue weighted by molar-refractivity contribution is 6.33. The quantitative estimate of drug-likeness (QED) is 0.421. The number of aromatic amines is 1. The van der Waals surface area contributed by atoms with Gasteiger partial charge >= 0.3 is 5.69 Å². The fraction of sp³-hybridized carbons (Fsp3) is 0.0833. The van der Waals surface area contributed by atoms with Gasteiger partial charge in [-0.1, -0.05) is 35.0 Å². The normalized spacial score (nSPS) is 12.4. The SMILES string of the molecule is O=c1[nH]c2cc(-c3nc(-c4ccccc4Cl)no3)ccc2c(=O)n1Cc1ccc2c(c1)OCO2. The summed E-state index contributed by atoms with van der Waals surface area (Å²) in [6, 6.07) is 17.4. The highest BCUT2D eigenvalue weighted by atomic mass is 35.5. The third-order valence-electron chi connectivity index (χ3n) is 5.55. The second-order valence-corrected chi connectivity index (χ2v) is 8.08. The van der Waals surface area contributed by atoms with Crippen molar-refractivity contribution in [3.05, 3.63) is 92.1 Å². The molecule has 1 aliphatic heterocycles. The van der Waals surface area contributed by atoms with Crippen molar-refractivity contribution in [2.45, 2.75) is 6.54 Å². The molecule has 1 aliphatic rings. The van der Waals surface area contributed by atoms with Gasteiger partial charge in [-0.05, 0) is 48.0 Å². The van der Waals surface area contributed by atoms with Crippen LogP contribution in [0.5, 0.6) is 11.5 Å². The monoisotopic (exact) mass is 474 g/mol. The van der Waals surface area contributed by atoms with Crippen molar-refractivity contribution in [3.8, 4) is 34.3 Å². The van der Waals surface area contributed by atoms with E-state index in [1.54, 1.807) is 48.5 Å². The molecule has 0 bridgehead atoms. The molecule has 0 saturated heterocycles. The first-order valence-corrected chi connectivity index (χ1v) is 10.7. The van der Waals surface area contributed by atoms with Crippen LogP contribution in [0.4, 0.5) is 0 Å².